The zero-order valence-corrected chi connectivity index (χ0v) is 12.7. The van der Waals surface area contributed by atoms with Crippen molar-refractivity contribution >= 4 is 17.9 Å². The summed E-state index contributed by atoms with van der Waals surface area (Å²) in [6.45, 7) is 3.72. The standard InChI is InChI=1S/C14H25N3O4/c1-10(2)7-16(8-12(15)18)14(21)17(9-13(19)20)11-5-3-4-6-11/h10-11H,3-9H2,1-2H3,(H2,15,18)(H,19,20). The zero-order chi connectivity index (χ0) is 16.0. The quantitative estimate of drug-likeness (QED) is 0.728. The second-order valence-corrected chi connectivity index (χ2v) is 5.98. The molecule has 1 aliphatic rings. The Hall–Kier alpha value is -1.79. The van der Waals surface area contributed by atoms with Crippen LogP contribution >= 0.6 is 0 Å². The molecule has 7 nitrogen and oxygen atoms in total. The number of carboxylic acid groups (broad SMARTS) is 1. The van der Waals surface area contributed by atoms with Crippen molar-refractivity contribution in [3.05, 3.63) is 0 Å². The summed E-state index contributed by atoms with van der Waals surface area (Å²) in [5.41, 5.74) is 5.19. The second-order valence-electron chi connectivity index (χ2n) is 5.98. The van der Waals surface area contributed by atoms with Gasteiger partial charge in [0.15, 0.2) is 0 Å². The maximum atomic E-state index is 12.6. The summed E-state index contributed by atoms with van der Waals surface area (Å²) in [6, 6.07) is -0.465. The van der Waals surface area contributed by atoms with E-state index < -0.39 is 17.9 Å². The molecule has 0 unspecified atom stereocenters. The number of hydrogen-bond donors (Lipinski definition) is 2. The first-order chi connectivity index (χ1) is 9.81. The van der Waals surface area contributed by atoms with Crippen LogP contribution in [-0.4, -0.2) is 58.5 Å². The van der Waals surface area contributed by atoms with Gasteiger partial charge in [0.25, 0.3) is 0 Å². The molecule has 0 aromatic heterocycles. The van der Waals surface area contributed by atoms with E-state index in [1.165, 1.54) is 9.80 Å². The van der Waals surface area contributed by atoms with E-state index in [-0.39, 0.29) is 25.0 Å². The predicted molar refractivity (Wildman–Crippen MR) is 77.6 cm³/mol. The molecule has 3 N–H and O–H groups in total. The van der Waals surface area contributed by atoms with Crippen LogP contribution in [0.15, 0.2) is 0 Å². The first-order valence-electron chi connectivity index (χ1n) is 7.37. The third-order valence-corrected chi connectivity index (χ3v) is 3.52. The molecule has 0 aromatic carbocycles. The molecule has 0 radical (unpaired) electrons. The zero-order valence-electron chi connectivity index (χ0n) is 12.7. The highest BCUT2D eigenvalue weighted by Gasteiger charge is 2.32. The Bertz CT molecular complexity index is 392. The highest BCUT2D eigenvalue weighted by atomic mass is 16.4. The molecule has 7 heteroatoms. The molecule has 0 bridgehead atoms. The first-order valence-corrected chi connectivity index (χ1v) is 7.37. The lowest BCUT2D eigenvalue weighted by molar-refractivity contribution is -0.138. The Morgan fingerprint density at radius 1 is 1.19 bits per heavy atom. The van der Waals surface area contributed by atoms with Gasteiger partial charge in [-0.25, -0.2) is 4.79 Å². The number of urea groups is 1. The van der Waals surface area contributed by atoms with Gasteiger partial charge < -0.3 is 20.6 Å². The van der Waals surface area contributed by atoms with Crippen LogP contribution < -0.4 is 5.73 Å². The minimum atomic E-state index is -1.04. The topological polar surface area (TPSA) is 104 Å². The molecular formula is C14H25N3O4. The van der Waals surface area contributed by atoms with Crippen molar-refractivity contribution < 1.29 is 19.5 Å². The smallest absolute Gasteiger partial charge is 0.323 e. The highest BCUT2D eigenvalue weighted by molar-refractivity contribution is 5.85. The Labute approximate surface area is 125 Å². The number of primary amides is 1. The number of carbonyl (C=O) groups excluding carboxylic acids is 2. The van der Waals surface area contributed by atoms with E-state index in [2.05, 4.69) is 0 Å². The lowest BCUT2D eigenvalue weighted by atomic mass is 10.2. The van der Waals surface area contributed by atoms with Crippen LogP contribution in [-0.2, 0) is 9.59 Å². The van der Waals surface area contributed by atoms with E-state index >= 15 is 0 Å². The van der Waals surface area contributed by atoms with Gasteiger partial charge in [-0.1, -0.05) is 26.7 Å². The fourth-order valence-electron chi connectivity index (χ4n) is 2.74. The van der Waals surface area contributed by atoms with Crippen LogP contribution in [0.3, 0.4) is 0 Å². The number of nitrogens with zero attached hydrogens (tertiary/aromatic N) is 2. The largest absolute Gasteiger partial charge is 0.480 e. The van der Waals surface area contributed by atoms with Gasteiger partial charge in [0.1, 0.15) is 13.1 Å². The maximum Gasteiger partial charge on any atom is 0.323 e. The lowest BCUT2D eigenvalue weighted by Gasteiger charge is -2.33. The fraction of sp³-hybridized carbons (Fsp3) is 0.786. The number of rotatable bonds is 7. The van der Waals surface area contributed by atoms with Crippen LogP contribution in [0.4, 0.5) is 4.79 Å². The summed E-state index contributed by atoms with van der Waals surface area (Å²) in [5.74, 6) is -1.46. The number of amides is 3. The average Bonchev–Trinajstić information content (AvgIpc) is 2.86. The van der Waals surface area contributed by atoms with Gasteiger partial charge in [0.2, 0.25) is 5.91 Å². The van der Waals surface area contributed by atoms with Crippen LogP contribution in [0, 0.1) is 5.92 Å². The van der Waals surface area contributed by atoms with E-state index in [0.717, 1.165) is 25.7 Å². The lowest BCUT2D eigenvalue weighted by Crippen LogP contribution is -2.52. The maximum absolute atomic E-state index is 12.6. The minimum absolute atomic E-state index is 0.0591. The average molecular weight is 299 g/mol. The van der Waals surface area contributed by atoms with Crippen LogP contribution in [0.25, 0.3) is 0 Å². The SMILES string of the molecule is CC(C)CN(CC(N)=O)C(=O)N(CC(=O)O)C1CCCC1. The molecular weight excluding hydrogens is 274 g/mol. The van der Waals surface area contributed by atoms with Gasteiger partial charge >= 0.3 is 12.0 Å². The van der Waals surface area contributed by atoms with Crippen molar-refractivity contribution in [3.63, 3.8) is 0 Å². The number of nitrogens with two attached hydrogens (primary N) is 1. The van der Waals surface area contributed by atoms with Gasteiger partial charge in [-0.05, 0) is 18.8 Å². The normalized spacial score (nSPS) is 15.2. The molecule has 21 heavy (non-hydrogen) atoms. The van der Waals surface area contributed by atoms with Crippen molar-refractivity contribution in [2.24, 2.45) is 11.7 Å². The van der Waals surface area contributed by atoms with Gasteiger partial charge in [-0.3, -0.25) is 9.59 Å². The Morgan fingerprint density at radius 2 is 1.76 bits per heavy atom. The molecule has 0 atom stereocenters. The Morgan fingerprint density at radius 3 is 2.19 bits per heavy atom. The third kappa shape index (κ3) is 5.61. The van der Waals surface area contributed by atoms with E-state index in [1.807, 2.05) is 13.8 Å². The van der Waals surface area contributed by atoms with E-state index in [4.69, 9.17) is 10.8 Å². The molecule has 1 aliphatic carbocycles. The predicted octanol–water partition coefficient (Wildman–Crippen LogP) is 0.879. The van der Waals surface area contributed by atoms with Gasteiger partial charge in [-0.15, -0.1) is 0 Å². The monoisotopic (exact) mass is 299 g/mol. The number of carbonyl (C=O) groups is 3. The van der Waals surface area contributed by atoms with Crippen molar-refractivity contribution in [2.45, 2.75) is 45.6 Å². The molecule has 0 spiro atoms. The molecule has 0 saturated heterocycles. The summed E-state index contributed by atoms with van der Waals surface area (Å²) in [5, 5.41) is 9.03. The summed E-state index contributed by atoms with van der Waals surface area (Å²) < 4.78 is 0. The van der Waals surface area contributed by atoms with Crippen molar-refractivity contribution in [1.29, 1.82) is 0 Å². The number of aliphatic carboxylic acids is 1. The molecule has 1 fully saturated rings. The van der Waals surface area contributed by atoms with Crippen LogP contribution in [0.2, 0.25) is 0 Å². The third-order valence-electron chi connectivity index (χ3n) is 3.52. The molecule has 0 aliphatic heterocycles. The van der Waals surface area contributed by atoms with Crippen LogP contribution in [0.1, 0.15) is 39.5 Å². The number of hydrogen-bond acceptors (Lipinski definition) is 3. The van der Waals surface area contributed by atoms with E-state index in [9.17, 15) is 14.4 Å². The highest BCUT2D eigenvalue weighted by Crippen LogP contribution is 2.24. The van der Waals surface area contributed by atoms with Gasteiger partial charge in [0, 0.05) is 12.6 Å². The van der Waals surface area contributed by atoms with Crippen molar-refractivity contribution in [2.75, 3.05) is 19.6 Å². The minimum Gasteiger partial charge on any atom is -0.480 e. The number of carboxylic acids is 1. The van der Waals surface area contributed by atoms with Crippen LogP contribution in [0.5, 0.6) is 0 Å². The summed E-state index contributed by atoms with van der Waals surface area (Å²) in [4.78, 5) is 37.5. The first kappa shape index (κ1) is 17.3. The second kappa shape index (κ2) is 7.85. The van der Waals surface area contributed by atoms with Crippen molar-refractivity contribution in [1.82, 2.24) is 9.80 Å². The fourth-order valence-corrected chi connectivity index (χ4v) is 2.74. The molecule has 1 saturated carbocycles. The summed E-state index contributed by atoms with van der Waals surface area (Å²) >= 11 is 0. The summed E-state index contributed by atoms with van der Waals surface area (Å²) in [7, 11) is 0. The Kier molecular flexibility index (Phi) is 6.45. The summed E-state index contributed by atoms with van der Waals surface area (Å²) in [6.07, 6.45) is 3.61. The van der Waals surface area contributed by atoms with Gasteiger partial charge in [-0.2, -0.15) is 0 Å². The Balaban J connectivity index is 2.86. The molecule has 0 aromatic rings. The van der Waals surface area contributed by atoms with Gasteiger partial charge in [0.05, 0.1) is 0 Å². The van der Waals surface area contributed by atoms with E-state index in [0.29, 0.717) is 6.54 Å². The molecule has 3 amide bonds. The van der Waals surface area contributed by atoms with Crippen molar-refractivity contribution in [3.8, 4) is 0 Å². The molecule has 0 heterocycles. The molecule has 1 rings (SSSR count). The molecule has 120 valence electrons. The van der Waals surface area contributed by atoms with E-state index in [1.54, 1.807) is 0 Å².